The monoisotopic (exact) mass is 416 g/mol. The van der Waals surface area contributed by atoms with Crippen molar-refractivity contribution in [3.8, 4) is 0 Å². The molecule has 1 atom stereocenters. The van der Waals surface area contributed by atoms with Crippen molar-refractivity contribution in [1.82, 2.24) is 5.01 Å². The van der Waals surface area contributed by atoms with Crippen LogP contribution in [0.3, 0.4) is 0 Å². The van der Waals surface area contributed by atoms with Gasteiger partial charge in [0.05, 0.1) is 11.3 Å². The first-order valence-electron chi connectivity index (χ1n) is 10.6. The highest BCUT2D eigenvalue weighted by atomic mass is 16.5. The molecule has 0 aromatic heterocycles. The number of ether oxygens (including phenoxy) is 1. The molecule has 5 heteroatoms. The minimum atomic E-state index is -0.861. The third-order valence-electron chi connectivity index (χ3n) is 5.95. The second-order valence-corrected chi connectivity index (χ2v) is 9.31. The van der Waals surface area contributed by atoms with Gasteiger partial charge in [-0.3, -0.25) is 4.79 Å². The predicted octanol–water partition coefficient (Wildman–Crippen LogP) is 4.79. The molecule has 0 saturated carbocycles. The average Bonchev–Trinajstić information content (AvgIpc) is 3.31. The Labute approximate surface area is 183 Å². The van der Waals surface area contributed by atoms with Crippen molar-refractivity contribution in [3.63, 3.8) is 0 Å². The number of allylic oxidation sites excluding steroid dienone is 1. The zero-order valence-corrected chi connectivity index (χ0v) is 18.5. The van der Waals surface area contributed by atoms with Gasteiger partial charge < -0.3 is 4.74 Å². The first kappa shape index (κ1) is 21.0. The number of hydrogen-bond acceptors (Lipinski definition) is 4. The fourth-order valence-corrected chi connectivity index (χ4v) is 4.23. The lowest BCUT2D eigenvalue weighted by Gasteiger charge is -2.31. The van der Waals surface area contributed by atoms with Crippen LogP contribution in [0.5, 0.6) is 0 Å². The lowest BCUT2D eigenvalue weighted by atomic mass is 9.75. The van der Waals surface area contributed by atoms with Crippen molar-refractivity contribution in [2.45, 2.75) is 52.7 Å². The van der Waals surface area contributed by atoms with E-state index in [-0.39, 0.29) is 18.5 Å². The summed E-state index contributed by atoms with van der Waals surface area (Å²) >= 11 is 0. The molecule has 2 aromatic rings. The third-order valence-corrected chi connectivity index (χ3v) is 5.95. The lowest BCUT2D eigenvalue weighted by molar-refractivity contribution is -0.141. The zero-order chi connectivity index (χ0) is 22.2. The van der Waals surface area contributed by atoms with Crippen LogP contribution >= 0.6 is 0 Å². The summed E-state index contributed by atoms with van der Waals surface area (Å²) in [6.45, 7) is 8.15. The van der Waals surface area contributed by atoms with E-state index < -0.39 is 11.0 Å². The maximum atomic E-state index is 13.6. The smallest absolute Gasteiger partial charge is 0.334 e. The fraction of sp³-hybridized carbons (Fsp3) is 0.346. The molecule has 2 aromatic carbocycles. The molecular weight excluding hydrogens is 388 g/mol. The van der Waals surface area contributed by atoms with E-state index in [0.29, 0.717) is 18.4 Å². The summed E-state index contributed by atoms with van der Waals surface area (Å²) in [7, 11) is 0. The summed E-state index contributed by atoms with van der Waals surface area (Å²) in [4.78, 5) is 26.4. The van der Waals surface area contributed by atoms with Crippen molar-refractivity contribution in [1.29, 1.82) is 0 Å². The largest absolute Gasteiger partial charge is 0.457 e. The van der Waals surface area contributed by atoms with Crippen molar-refractivity contribution in [2.24, 2.45) is 10.5 Å². The maximum Gasteiger partial charge on any atom is 0.334 e. The Morgan fingerprint density at radius 3 is 2.45 bits per heavy atom. The minimum Gasteiger partial charge on any atom is -0.457 e. The molecule has 0 saturated heterocycles. The molecule has 1 spiro atoms. The molecule has 31 heavy (non-hydrogen) atoms. The van der Waals surface area contributed by atoms with Crippen molar-refractivity contribution >= 4 is 17.6 Å². The van der Waals surface area contributed by atoms with Gasteiger partial charge in [-0.2, -0.15) is 5.10 Å². The lowest BCUT2D eigenvalue weighted by Crippen LogP contribution is -2.45. The molecule has 0 radical (unpaired) electrons. The van der Waals surface area contributed by atoms with Crippen LogP contribution in [-0.2, 0) is 20.9 Å². The molecule has 160 valence electrons. The maximum absolute atomic E-state index is 13.6. The van der Waals surface area contributed by atoms with Gasteiger partial charge in [0.2, 0.25) is 0 Å². The van der Waals surface area contributed by atoms with E-state index in [1.54, 1.807) is 5.01 Å². The minimum absolute atomic E-state index is 0.0552. The van der Waals surface area contributed by atoms with E-state index in [9.17, 15) is 9.59 Å². The number of esters is 1. The first-order chi connectivity index (χ1) is 14.7. The predicted molar refractivity (Wildman–Crippen MR) is 120 cm³/mol. The Morgan fingerprint density at radius 2 is 1.77 bits per heavy atom. The standard InChI is InChI=1S/C26H28N2O3/c1-18-10-8-9-13-21(18)22-26(24(30)28(27-22)25(2,3)4)15-14-20(16-26)23(29)31-17-19-11-6-5-7-12-19/h5-14H,15-17H2,1-4H3/t26-/m1/s1. The molecule has 5 nitrogen and oxygen atoms in total. The molecule has 1 aliphatic heterocycles. The number of hydrogen-bond donors (Lipinski definition) is 0. The quantitative estimate of drug-likeness (QED) is 0.674. The second kappa shape index (κ2) is 7.80. The van der Waals surface area contributed by atoms with E-state index in [2.05, 4.69) is 0 Å². The summed E-state index contributed by atoms with van der Waals surface area (Å²) < 4.78 is 5.54. The van der Waals surface area contributed by atoms with Crippen LogP contribution in [0.1, 0.15) is 50.3 Å². The Hall–Kier alpha value is -3.21. The number of carbonyl (C=O) groups is 2. The van der Waals surface area contributed by atoms with Gasteiger partial charge in [-0.25, -0.2) is 9.80 Å². The summed E-state index contributed by atoms with van der Waals surface area (Å²) in [5.74, 6) is -0.424. The first-order valence-corrected chi connectivity index (χ1v) is 10.6. The summed E-state index contributed by atoms with van der Waals surface area (Å²) in [5, 5.41) is 6.39. The van der Waals surface area contributed by atoms with Crippen LogP contribution in [0.15, 0.2) is 71.3 Å². The fourth-order valence-electron chi connectivity index (χ4n) is 4.23. The van der Waals surface area contributed by atoms with Gasteiger partial charge in [-0.1, -0.05) is 60.7 Å². The topological polar surface area (TPSA) is 59.0 Å². The highest BCUT2D eigenvalue weighted by Crippen LogP contribution is 2.48. The molecule has 1 amide bonds. The number of benzene rings is 2. The Balaban J connectivity index is 1.61. The van der Waals surface area contributed by atoms with Crippen LogP contribution < -0.4 is 0 Å². The van der Waals surface area contributed by atoms with Crippen molar-refractivity contribution in [2.75, 3.05) is 0 Å². The summed E-state index contributed by atoms with van der Waals surface area (Å²) in [6.07, 6.45) is 2.60. The summed E-state index contributed by atoms with van der Waals surface area (Å²) in [6, 6.07) is 17.5. The average molecular weight is 417 g/mol. The van der Waals surface area contributed by atoms with Crippen LogP contribution in [0.2, 0.25) is 0 Å². The van der Waals surface area contributed by atoms with Gasteiger partial charge in [0.25, 0.3) is 5.91 Å². The van der Waals surface area contributed by atoms with Crippen molar-refractivity contribution < 1.29 is 14.3 Å². The van der Waals surface area contributed by atoms with Gasteiger partial charge in [0.1, 0.15) is 12.0 Å². The van der Waals surface area contributed by atoms with Crippen LogP contribution in [-0.4, -0.2) is 28.1 Å². The number of nitrogens with zero attached hydrogens (tertiary/aromatic N) is 2. The van der Waals surface area contributed by atoms with E-state index in [1.807, 2.05) is 88.4 Å². The normalized spacial score (nSPS) is 20.8. The molecule has 0 N–H and O–H groups in total. The highest BCUT2D eigenvalue weighted by Gasteiger charge is 2.56. The number of aryl methyl sites for hydroxylation is 1. The van der Waals surface area contributed by atoms with E-state index in [0.717, 1.165) is 22.4 Å². The molecule has 0 unspecified atom stereocenters. The van der Waals surface area contributed by atoms with Gasteiger partial charge in [0.15, 0.2) is 0 Å². The van der Waals surface area contributed by atoms with E-state index in [4.69, 9.17) is 9.84 Å². The van der Waals surface area contributed by atoms with Gasteiger partial charge in [0, 0.05) is 11.1 Å². The Bertz CT molecular complexity index is 1080. The highest BCUT2D eigenvalue weighted by molar-refractivity contribution is 6.21. The molecule has 0 fully saturated rings. The van der Waals surface area contributed by atoms with Crippen LogP contribution in [0.25, 0.3) is 0 Å². The molecule has 2 aliphatic rings. The Morgan fingerprint density at radius 1 is 1.10 bits per heavy atom. The number of rotatable bonds is 4. The molecule has 0 bridgehead atoms. The molecular formula is C26H28N2O3. The third kappa shape index (κ3) is 3.80. The van der Waals surface area contributed by atoms with Crippen molar-refractivity contribution in [3.05, 3.63) is 82.9 Å². The van der Waals surface area contributed by atoms with Crippen LogP contribution in [0, 0.1) is 12.3 Å². The van der Waals surface area contributed by atoms with Crippen LogP contribution in [0.4, 0.5) is 0 Å². The van der Waals surface area contributed by atoms with Gasteiger partial charge >= 0.3 is 5.97 Å². The summed E-state index contributed by atoms with van der Waals surface area (Å²) in [5.41, 5.74) is 2.92. The zero-order valence-electron chi connectivity index (χ0n) is 18.5. The molecule has 1 heterocycles. The number of amides is 1. The molecule has 4 rings (SSSR count). The molecule has 1 aliphatic carbocycles. The van der Waals surface area contributed by atoms with Gasteiger partial charge in [-0.05, 0) is 51.7 Å². The number of carbonyl (C=O) groups excluding carboxylic acids is 2. The van der Waals surface area contributed by atoms with E-state index >= 15 is 0 Å². The van der Waals surface area contributed by atoms with Gasteiger partial charge in [-0.15, -0.1) is 0 Å². The van der Waals surface area contributed by atoms with E-state index in [1.165, 1.54) is 0 Å². The SMILES string of the molecule is Cc1ccccc1C1=NN(C(C)(C)C)C(=O)[C@@]12CC=C(C(=O)OCc1ccccc1)C2. The number of hydrazone groups is 1. The Kier molecular flexibility index (Phi) is 5.29. The second-order valence-electron chi connectivity index (χ2n) is 9.31.